The summed E-state index contributed by atoms with van der Waals surface area (Å²) in [6.45, 7) is 4.40. The second-order valence-electron chi connectivity index (χ2n) is 5.06. The average Bonchev–Trinajstić information content (AvgIpc) is 2.42. The first-order valence-corrected chi connectivity index (χ1v) is 7.83. The molecule has 1 saturated heterocycles. The first-order chi connectivity index (χ1) is 9.61. The van der Waals surface area contributed by atoms with Gasteiger partial charge in [0.15, 0.2) is 0 Å². The summed E-state index contributed by atoms with van der Waals surface area (Å²) in [5.41, 5.74) is 1.04. The molecule has 3 nitrogen and oxygen atoms in total. The maximum absolute atomic E-state index is 12.3. The summed E-state index contributed by atoms with van der Waals surface area (Å²) >= 11 is 12.0. The fraction of sp³-hybridized carbons (Fsp3) is 0.533. The molecule has 2 rings (SSSR count). The average molecular weight is 315 g/mol. The van der Waals surface area contributed by atoms with Gasteiger partial charge in [-0.1, -0.05) is 36.2 Å². The predicted octanol–water partition coefficient (Wildman–Crippen LogP) is 3.14. The number of rotatable bonds is 5. The summed E-state index contributed by atoms with van der Waals surface area (Å²) in [5.74, 6) is 0.211. The van der Waals surface area contributed by atoms with Gasteiger partial charge in [0.05, 0.1) is 6.04 Å². The molecular formula is C15H20Cl2N2O. The van der Waals surface area contributed by atoms with Crippen molar-refractivity contribution in [3.63, 3.8) is 0 Å². The monoisotopic (exact) mass is 314 g/mol. The lowest BCUT2D eigenvalue weighted by atomic mass is 10.0. The molecule has 0 saturated carbocycles. The van der Waals surface area contributed by atoms with Crippen molar-refractivity contribution in [1.82, 2.24) is 10.2 Å². The minimum atomic E-state index is -0.0190. The lowest BCUT2D eigenvalue weighted by Crippen LogP contribution is -2.51. The molecule has 5 heteroatoms. The smallest absolute Gasteiger partial charge is 0.239 e. The minimum absolute atomic E-state index is 0.0190. The molecule has 20 heavy (non-hydrogen) atoms. The Morgan fingerprint density at radius 3 is 2.90 bits per heavy atom. The molecule has 110 valence electrons. The molecule has 0 aromatic heterocycles. The van der Waals surface area contributed by atoms with Crippen LogP contribution in [0.1, 0.15) is 25.3 Å². The Labute approximate surface area is 130 Å². The van der Waals surface area contributed by atoms with Gasteiger partial charge in [-0.3, -0.25) is 4.79 Å². The zero-order chi connectivity index (χ0) is 14.5. The van der Waals surface area contributed by atoms with Crippen LogP contribution in [0.15, 0.2) is 18.2 Å². The maximum Gasteiger partial charge on any atom is 0.239 e. The van der Waals surface area contributed by atoms with Gasteiger partial charge in [-0.2, -0.15) is 0 Å². The summed E-state index contributed by atoms with van der Waals surface area (Å²) in [6.07, 6.45) is 2.75. The molecule has 1 fully saturated rings. The number of benzene rings is 1. The maximum atomic E-state index is 12.3. The number of halogens is 2. The van der Waals surface area contributed by atoms with Gasteiger partial charge in [-0.15, -0.1) is 0 Å². The van der Waals surface area contributed by atoms with Crippen LogP contribution in [0.4, 0.5) is 0 Å². The number of amides is 1. The Hall–Kier alpha value is -0.770. The molecule has 1 amide bonds. The molecule has 1 heterocycles. The fourth-order valence-corrected chi connectivity index (χ4v) is 3.08. The molecule has 1 atom stereocenters. The van der Waals surface area contributed by atoms with Crippen molar-refractivity contribution in [1.29, 1.82) is 0 Å². The zero-order valence-corrected chi connectivity index (χ0v) is 13.2. The molecule has 0 aliphatic carbocycles. The Bertz CT molecular complexity index is 477. The topological polar surface area (TPSA) is 32.3 Å². The van der Waals surface area contributed by atoms with E-state index in [1.807, 2.05) is 24.0 Å². The zero-order valence-electron chi connectivity index (χ0n) is 11.7. The Balaban J connectivity index is 1.94. The van der Waals surface area contributed by atoms with Crippen LogP contribution in [0.5, 0.6) is 0 Å². The van der Waals surface area contributed by atoms with Crippen molar-refractivity contribution >= 4 is 29.1 Å². The molecule has 1 aromatic carbocycles. The van der Waals surface area contributed by atoms with Crippen molar-refractivity contribution in [2.45, 2.75) is 32.2 Å². The van der Waals surface area contributed by atoms with Crippen LogP contribution in [0, 0.1) is 0 Å². The predicted molar refractivity (Wildman–Crippen MR) is 83.4 cm³/mol. The number of likely N-dealkylation sites (N-methyl/N-ethyl adjacent to an activating group) is 1. The van der Waals surface area contributed by atoms with E-state index < -0.39 is 0 Å². The van der Waals surface area contributed by atoms with Crippen LogP contribution in [-0.2, 0) is 11.2 Å². The fourth-order valence-electron chi connectivity index (χ4n) is 2.58. The van der Waals surface area contributed by atoms with E-state index in [-0.39, 0.29) is 11.9 Å². The summed E-state index contributed by atoms with van der Waals surface area (Å²) in [5, 5.41) is 4.56. The molecule has 1 N–H and O–H groups in total. The summed E-state index contributed by atoms with van der Waals surface area (Å²) in [4.78, 5) is 14.2. The second kappa shape index (κ2) is 7.30. The van der Waals surface area contributed by atoms with Gasteiger partial charge in [0.1, 0.15) is 0 Å². The molecule has 1 unspecified atom stereocenters. The van der Waals surface area contributed by atoms with Gasteiger partial charge < -0.3 is 10.2 Å². The van der Waals surface area contributed by atoms with Gasteiger partial charge in [-0.25, -0.2) is 0 Å². The van der Waals surface area contributed by atoms with Crippen molar-refractivity contribution in [2.75, 3.05) is 19.6 Å². The molecule has 1 aliphatic rings. The van der Waals surface area contributed by atoms with Crippen molar-refractivity contribution in [3.05, 3.63) is 33.8 Å². The van der Waals surface area contributed by atoms with Gasteiger partial charge in [-0.05, 0) is 43.5 Å². The third-order valence-electron chi connectivity index (χ3n) is 3.65. The van der Waals surface area contributed by atoms with Gasteiger partial charge >= 0.3 is 0 Å². The van der Waals surface area contributed by atoms with Crippen LogP contribution < -0.4 is 5.32 Å². The molecule has 0 radical (unpaired) electrons. The van der Waals surface area contributed by atoms with Crippen LogP contribution in [0.25, 0.3) is 0 Å². The van der Waals surface area contributed by atoms with Crippen LogP contribution in [0.2, 0.25) is 10.0 Å². The van der Waals surface area contributed by atoms with E-state index in [9.17, 15) is 4.79 Å². The lowest BCUT2D eigenvalue weighted by Gasteiger charge is -2.32. The molecule has 1 aromatic rings. The van der Waals surface area contributed by atoms with Gasteiger partial charge in [0.2, 0.25) is 5.91 Å². The highest BCUT2D eigenvalue weighted by Gasteiger charge is 2.27. The molecule has 0 spiro atoms. The first kappa shape index (κ1) is 15.6. The highest BCUT2D eigenvalue weighted by Crippen LogP contribution is 2.22. The number of carbonyl (C=O) groups excluding carboxylic acids is 1. The van der Waals surface area contributed by atoms with Crippen molar-refractivity contribution < 1.29 is 4.79 Å². The number of carbonyl (C=O) groups is 1. The number of likely N-dealkylation sites (tertiary alicyclic amines) is 1. The number of nitrogens with zero attached hydrogens (tertiary/aromatic N) is 1. The van der Waals surface area contributed by atoms with E-state index in [1.165, 1.54) is 0 Å². The van der Waals surface area contributed by atoms with E-state index in [4.69, 9.17) is 23.2 Å². The molecule has 0 bridgehead atoms. The second-order valence-corrected chi connectivity index (χ2v) is 5.91. The van der Waals surface area contributed by atoms with Crippen molar-refractivity contribution in [2.24, 2.45) is 0 Å². The summed E-state index contributed by atoms with van der Waals surface area (Å²) in [6, 6.07) is 5.50. The third-order valence-corrected chi connectivity index (χ3v) is 4.23. The van der Waals surface area contributed by atoms with Gasteiger partial charge in [0.25, 0.3) is 0 Å². The Kier molecular flexibility index (Phi) is 5.70. The van der Waals surface area contributed by atoms with E-state index >= 15 is 0 Å². The highest BCUT2D eigenvalue weighted by molar-refractivity contribution is 6.35. The largest absolute Gasteiger partial charge is 0.341 e. The molecular weight excluding hydrogens is 295 g/mol. The first-order valence-electron chi connectivity index (χ1n) is 7.08. The number of piperidine rings is 1. The van der Waals surface area contributed by atoms with Gasteiger partial charge in [0, 0.05) is 23.1 Å². The SMILES string of the molecule is CCNC1CCCN(CCc2ccc(Cl)cc2Cl)C1=O. The number of hydrogen-bond donors (Lipinski definition) is 1. The molecule has 1 aliphatic heterocycles. The lowest BCUT2D eigenvalue weighted by molar-refractivity contribution is -0.135. The van der Waals surface area contributed by atoms with E-state index in [0.29, 0.717) is 16.6 Å². The summed E-state index contributed by atoms with van der Waals surface area (Å²) in [7, 11) is 0. The van der Waals surface area contributed by atoms with Crippen LogP contribution in [-0.4, -0.2) is 36.5 Å². The normalized spacial score (nSPS) is 19.4. The standard InChI is InChI=1S/C15H20Cl2N2O/c1-2-18-14-4-3-8-19(15(14)20)9-7-11-5-6-12(16)10-13(11)17/h5-6,10,14,18H,2-4,7-9H2,1H3. The van der Waals surface area contributed by atoms with E-state index in [0.717, 1.165) is 37.9 Å². The Morgan fingerprint density at radius 1 is 1.40 bits per heavy atom. The van der Waals surface area contributed by atoms with E-state index in [2.05, 4.69) is 5.32 Å². The number of hydrogen-bond acceptors (Lipinski definition) is 2. The third kappa shape index (κ3) is 3.87. The van der Waals surface area contributed by atoms with Crippen LogP contribution in [0.3, 0.4) is 0 Å². The highest BCUT2D eigenvalue weighted by atomic mass is 35.5. The minimum Gasteiger partial charge on any atom is -0.341 e. The van der Waals surface area contributed by atoms with E-state index in [1.54, 1.807) is 6.07 Å². The Morgan fingerprint density at radius 2 is 2.20 bits per heavy atom. The van der Waals surface area contributed by atoms with Crippen molar-refractivity contribution in [3.8, 4) is 0 Å². The number of nitrogens with one attached hydrogen (secondary N) is 1. The quantitative estimate of drug-likeness (QED) is 0.905. The van der Waals surface area contributed by atoms with Crippen LogP contribution >= 0.6 is 23.2 Å². The summed E-state index contributed by atoms with van der Waals surface area (Å²) < 4.78 is 0.